The zero-order chi connectivity index (χ0) is 13.5. The Morgan fingerprint density at radius 3 is 2.32 bits per heavy atom. The predicted molar refractivity (Wildman–Crippen MR) is 72.5 cm³/mol. The molecule has 0 spiro atoms. The average Bonchev–Trinajstić information content (AvgIpc) is 2.48. The van der Waals surface area contributed by atoms with Gasteiger partial charge in [0.05, 0.1) is 6.61 Å². The van der Waals surface area contributed by atoms with Gasteiger partial charge in [0.2, 0.25) is 5.78 Å². The summed E-state index contributed by atoms with van der Waals surface area (Å²) in [7, 11) is 0. The molecule has 0 amide bonds. The maximum absolute atomic E-state index is 11.1. The Morgan fingerprint density at radius 1 is 1.00 bits per heavy atom. The van der Waals surface area contributed by atoms with Gasteiger partial charge in [-0.25, -0.2) is 0 Å². The monoisotopic (exact) mass is 254 g/mol. The van der Waals surface area contributed by atoms with E-state index in [-0.39, 0.29) is 0 Å². The van der Waals surface area contributed by atoms with Crippen LogP contribution in [0.3, 0.4) is 0 Å². The number of rotatable bonds is 6. The van der Waals surface area contributed by atoms with Gasteiger partial charge in [-0.3, -0.25) is 9.59 Å². The maximum Gasteiger partial charge on any atom is 0.225 e. The molecule has 96 valence electrons. The molecule has 0 aliphatic rings. The fourth-order valence-electron chi connectivity index (χ4n) is 1.71. The van der Waals surface area contributed by atoms with Crippen molar-refractivity contribution in [2.75, 3.05) is 6.61 Å². The van der Waals surface area contributed by atoms with E-state index in [1.165, 1.54) is 5.56 Å². The van der Waals surface area contributed by atoms with E-state index >= 15 is 0 Å². The van der Waals surface area contributed by atoms with E-state index in [0.29, 0.717) is 24.2 Å². The van der Waals surface area contributed by atoms with Gasteiger partial charge in [0.25, 0.3) is 0 Å². The number of Topliss-reactive ketones (excluding diaryl/α,β-unsaturated/α-hetero) is 1. The molecular weight excluding hydrogens is 240 g/mol. The van der Waals surface area contributed by atoms with Crippen LogP contribution in [0, 0.1) is 0 Å². The molecule has 0 atom stereocenters. The zero-order valence-electron chi connectivity index (χ0n) is 10.4. The minimum atomic E-state index is -0.518. The number of carbonyl (C=O) groups is 2. The third kappa shape index (κ3) is 3.78. The third-order valence-electron chi connectivity index (χ3n) is 2.75. The normalized spacial score (nSPS) is 9.89. The molecule has 2 aromatic rings. The number of ether oxygens (including phenoxy) is 1. The molecule has 3 nitrogen and oxygen atoms in total. The van der Waals surface area contributed by atoms with E-state index < -0.39 is 5.78 Å². The van der Waals surface area contributed by atoms with Crippen molar-refractivity contribution in [3.05, 3.63) is 65.7 Å². The highest BCUT2D eigenvalue weighted by Crippen LogP contribution is 2.13. The van der Waals surface area contributed by atoms with Crippen LogP contribution in [-0.2, 0) is 11.2 Å². The van der Waals surface area contributed by atoms with Gasteiger partial charge in [0, 0.05) is 12.0 Å². The lowest BCUT2D eigenvalue weighted by Gasteiger charge is -2.06. The molecule has 0 fully saturated rings. The average molecular weight is 254 g/mol. The highest BCUT2D eigenvalue weighted by Gasteiger charge is 2.03. The van der Waals surface area contributed by atoms with Crippen LogP contribution in [0.15, 0.2) is 54.6 Å². The van der Waals surface area contributed by atoms with Crippen LogP contribution >= 0.6 is 0 Å². The lowest BCUT2D eigenvalue weighted by molar-refractivity contribution is -0.104. The molecule has 2 aromatic carbocycles. The van der Waals surface area contributed by atoms with Crippen molar-refractivity contribution >= 4 is 12.1 Å². The molecule has 0 bridgehead atoms. The summed E-state index contributed by atoms with van der Waals surface area (Å²) < 4.78 is 5.58. The molecule has 0 saturated carbocycles. The summed E-state index contributed by atoms with van der Waals surface area (Å²) in [6, 6.07) is 16.6. The van der Waals surface area contributed by atoms with Crippen LogP contribution in [0.1, 0.15) is 15.9 Å². The van der Waals surface area contributed by atoms with Gasteiger partial charge in [-0.2, -0.15) is 0 Å². The summed E-state index contributed by atoms with van der Waals surface area (Å²) in [6.45, 7) is 0.574. The first-order chi connectivity index (χ1) is 9.29. The quantitative estimate of drug-likeness (QED) is 0.452. The van der Waals surface area contributed by atoms with E-state index in [4.69, 9.17) is 4.74 Å². The van der Waals surface area contributed by atoms with Gasteiger partial charge in [0.15, 0.2) is 6.29 Å². The molecule has 0 aliphatic heterocycles. The van der Waals surface area contributed by atoms with Crippen LogP contribution in [0.2, 0.25) is 0 Å². The van der Waals surface area contributed by atoms with E-state index in [9.17, 15) is 9.59 Å². The van der Waals surface area contributed by atoms with E-state index in [1.807, 2.05) is 18.2 Å². The van der Waals surface area contributed by atoms with Crippen LogP contribution in [0.25, 0.3) is 0 Å². The SMILES string of the molecule is O=CC(=O)c1ccc(OCCc2ccccc2)cc1. The molecule has 2 rings (SSSR count). The molecule has 19 heavy (non-hydrogen) atoms. The Morgan fingerprint density at radius 2 is 1.68 bits per heavy atom. The van der Waals surface area contributed by atoms with Crippen LogP contribution in [-0.4, -0.2) is 18.7 Å². The second-order valence-electron chi connectivity index (χ2n) is 4.09. The molecular formula is C16H14O3. The molecule has 0 unspecified atom stereocenters. The number of benzene rings is 2. The fraction of sp³-hybridized carbons (Fsp3) is 0.125. The van der Waals surface area contributed by atoms with E-state index in [1.54, 1.807) is 24.3 Å². The summed E-state index contributed by atoms with van der Waals surface area (Å²) in [6.07, 6.45) is 1.14. The van der Waals surface area contributed by atoms with Crippen molar-refractivity contribution in [3.63, 3.8) is 0 Å². The number of carbonyl (C=O) groups excluding carboxylic acids is 2. The highest BCUT2D eigenvalue weighted by molar-refractivity contribution is 6.33. The molecule has 0 N–H and O–H groups in total. The van der Waals surface area contributed by atoms with Gasteiger partial charge in [-0.05, 0) is 29.8 Å². The fourth-order valence-corrected chi connectivity index (χ4v) is 1.71. The Hall–Kier alpha value is -2.42. The number of ketones is 1. The number of hydrogen-bond acceptors (Lipinski definition) is 3. The zero-order valence-corrected chi connectivity index (χ0v) is 10.4. The minimum absolute atomic E-state index is 0.311. The van der Waals surface area contributed by atoms with Gasteiger partial charge in [-0.15, -0.1) is 0 Å². The largest absolute Gasteiger partial charge is 0.493 e. The Kier molecular flexibility index (Phi) is 4.45. The third-order valence-corrected chi connectivity index (χ3v) is 2.75. The van der Waals surface area contributed by atoms with Crippen molar-refractivity contribution in [2.45, 2.75) is 6.42 Å². The molecule has 0 aliphatic carbocycles. The second kappa shape index (κ2) is 6.50. The van der Waals surface area contributed by atoms with Crippen LogP contribution in [0.5, 0.6) is 5.75 Å². The second-order valence-corrected chi connectivity index (χ2v) is 4.09. The highest BCUT2D eigenvalue weighted by atomic mass is 16.5. The predicted octanol–water partition coefficient (Wildman–Crippen LogP) is 2.69. The number of aldehydes is 1. The van der Waals surface area contributed by atoms with E-state index in [0.717, 1.165) is 6.42 Å². The van der Waals surface area contributed by atoms with E-state index in [2.05, 4.69) is 12.1 Å². The Balaban J connectivity index is 1.86. The Bertz CT molecular complexity index is 544. The Labute approximate surface area is 111 Å². The summed E-state index contributed by atoms with van der Waals surface area (Å²) in [5.74, 6) is 0.175. The van der Waals surface area contributed by atoms with Crippen molar-refractivity contribution in [1.82, 2.24) is 0 Å². The van der Waals surface area contributed by atoms with Crippen molar-refractivity contribution in [3.8, 4) is 5.75 Å². The summed E-state index contributed by atoms with van der Waals surface area (Å²) in [4.78, 5) is 21.5. The van der Waals surface area contributed by atoms with Gasteiger partial charge >= 0.3 is 0 Å². The lowest BCUT2D eigenvalue weighted by atomic mass is 10.1. The lowest BCUT2D eigenvalue weighted by Crippen LogP contribution is -2.02. The van der Waals surface area contributed by atoms with Crippen LogP contribution < -0.4 is 4.74 Å². The smallest absolute Gasteiger partial charge is 0.225 e. The standard InChI is InChI=1S/C16H14O3/c17-12-16(18)14-6-8-15(9-7-14)19-11-10-13-4-2-1-3-5-13/h1-9,12H,10-11H2. The summed E-state index contributed by atoms with van der Waals surface area (Å²) in [5, 5.41) is 0. The molecule has 0 saturated heterocycles. The number of hydrogen-bond donors (Lipinski definition) is 0. The maximum atomic E-state index is 11.1. The molecule has 0 heterocycles. The first-order valence-electron chi connectivity index (χ1n) is 6.06. The summed E-state index contributed by atoms with van der Waals surface area (Å²) >= 11 is 0. The first kappa shape index (κ1) is 13.0. The summed E-state index contributed by atoms with van der Waals surface area (Å²) in [5.41, 5.74) is 1.60. The van der Waals surface area contributed by atoms with Crippen molar-refractivity contribution in [1.29, 1.82) is 0 Å². The molecule has 3 heteroatoms. The van der Waals surface area contributed by atoms with Gasteiger partial charge in [0.1, 0.15) is 5.75 Å². The molecule has 0 aromatic heterocycles. The molecule has 0 radical (unpaired) electrons. The minimum Gasteiger partial charge on any atom is -0.493 e. The van der Waals surface area contributed by atoms with Crippen molar-refractivity contribution < 1.29 is 14.3 Å². The van der Waals surface area contributed by atoms with Crippen LogP contribution in [0.4, 0.5) is 0 Å². The topological polar surface area (TPSA) is 43.4 Å². The van der Waals surface area contributed by atoms with Gasteiger partial charge < -0.3 is 4.74 Å². The van der Waals surface area contributed by atoms with Crippen molar-refractivity contribution in [2.24, 2.45) is 0 Å². The first-order valence-corrected chi connectivity index (χ1v) is 6.06. The van der Waals surface area contributed by atoms with Gasteiger partial charge in [-0.1, -0.05) is 30.3 Å².